The van der Waals surface area contributed by atoms with Crippen molar-refractivity contribution in [2.24, 2.45) is 5.92 Å². The van der Waals surface area contributed by atoms with Gasteiger partial charge in [-0.2, -0.15) is 0 Å². The van der Waals surface area contributed by atoms with Crippen molar-refractivity contribution in [2.45, 2.75) is 65.5 Å². The van der Waals surface area contributed by atoms with Gasteiger partial charge in [-0.1, -0.05) is 26.7 Å². The topological polar surface area (TPSA) is 3.24 Å². The van der Waals surface area contributed by atoms with E-state index >= 15 is 0 Å². The Morgan fingerprint density at radius 3 is 2.31 bits per heavy atom. The minimum Gasteiger partial charge on any atom is -0.298 e. The van der Waals surface area contributed by atoms with Crippen LogP contribution in [-0.2, 0) is 0 Å². The molecule has 1 heteroatoms. The molecule has 0 aromatic heterocycles. The van der Waals surface area contributed by atoms with Crippen LogP contribution in [0.2, 0.25) is 0 Å². The standard InChI is InChI=1S/C12H25N/c1-5-11(6-2)12-8-7-9-13(12)10(3)4/h10-12H,5-9H2,1-4H3/t12-/m1/s1. The molecule has 1 aliphatic heterocycles. The summed E-state index contributed by atoms with van der Waals surface area (Å²) in [6.45, 7) is 10.7. The molecule has 0 aromatic carbocycles. The number of nitrogens with zero attached hydrogens (tertiary/aromatic N) is 1. The molecule has 0 aliphatic carbocycles. The smallest absolute Gasteiger partial charge is 0.0126 e. The Balaban J connectivity index is 2.55. The van der Waals surface area contributed by atoms with Gasteiger partial charge in [0, 0.05) is 12.1 Å². The molecule has 0 amide bonds. The van der Waals surface area contributed by atoms with E-state index in [1.807, 2.05) is 0 Å². The molecule has 0 radical (unpaired) electrons. The number of rotatable bonds is 4. The second-order valence-electron chi connectivity index (χ2n) is 4.62. The summed E-state index contributed by atoms with van der Waals surface area (Å²) in [7, 11) is 0. The molecule has 0 bridgehead atoms. The van der Waals surface area contributed by atoms with Gasteiger partial charge in [-0.3, -0.25) is 4.90 Å². The van der Waals surface area contributed by atoms with Crippen LogP contribution in [0.25, 0.3) is 0 Å². The van der Waals surface area contributed by atoms with Crippen molar-refractivity contribution < 1.29 is 0 Å². The van der Waals surface area contributed by atoms with Gasteiger partial charge in [0.2, 0.25) is 0 Å². The van der Waals surface area contributed by atoms with Crippen LogP contribution in [0.3, 0.4) is 0 Å². The van der Waals surface area contributed by atoms with Crippen molar-refractivity contribution in [1.82, 2.24) is 4.90 Å². The van der Waals surface area contributed by atoms with Gasteiger partial charge in [0.05, 0.1) is 0 Å². The molecule has 78 valence electrons. The summed E-state index contributed by atoms with van der Waals surface area (Å²) in [5, 5.41) is 0. The van der Waals surface area contributed by atoms with E-state index in [-0.39, 0.29) is 0 Å². The largest absolute Gasteiger partial charge is 0.298 e. The Morgan fingerprint density at radius 1 is 1.23 bits per heavy atom. The van der Waals surface area contributed by atoms with Crippen LogP contribution < -0.4 is 0 Å². The Morgan fingerprint density at radius 2 is 1.85 bits per heavy atom. The summed E-state index contributed by atoms with van der Waals surface area (Å²) in [5.74, 6) is 0.935. The first-order valence-electron chi connectivity index (χ1n) is 5.96. The van der Waals surface area contributed by atoms with Gasteiger partial charge in [-0.05, 0) is 39.2 Å². The lowest BCUT2D eigenvalue weighted by Crippen LogP contribution is -2.39. The van der Waals surface area contributed by atoms with Gasteiger partial charge in [-0.15, -0.1) is 0 Å². The average molecular weight is 183 g/mol. The summed E-state index contributed by atoms with van der Waals surface area (Å²) >= 11 is 0. The van der Waals surface area contributed by atoms with Crippen molar-refractivity contribution in [1.29, 1.82) is 0 Å². The van der Waals surface area contributed by atoms with Crippen molar-refractivity contribution >= 4 is 0 Å². The van der Waals surface area contributed by atoms with E-state index in [9.17, 15) is 0 Å². The first kappa shape index (κ1) is 11.0. The summed E-state index contributed by atoms with van der Waals surface area (Å²) in [6, 6.07) is 1.63. The molecule has 0 spiro atoms. The van der Waals surface area contributed by atoms with Gasteiger partial charge < -0.3 is 0 Å². The van der Waals surface area contributed by atoms with Gasteiger partial charge >= 0.3 is 0 Å². The zero-order chi connectivity index (χ0) is 9.84. The van der Waals surface area contributed by atoms with Crippen LogP contribution >= 0.6 is 0 Å². The fourth-order valence-corrected chi connectivity index (χ4v) is 2.80. The van der Waals surface area contributed by atoms with Gasteiger partial charge in [-0.25, -0.2) is 0 Å². The molecule has 1 heterocycles. The zero-order valence-corrected chi connectivity index (χ0v) is 9.71. The summed E-state index contributed by atoms with van der Waals surface area (Å²) in [5.41, 5.74) is 0. The van der Waals surface area contributed by atoms with Crippen LogP contribution in [0, 0.1) is 5.92 Å². The van der Waals surface area contributed by atoms with Crippen LogP contribution in [0.15, 0.2) is 0 Å². The third kappa shape index (κ3) is 2.46. The second kappa shape index (κ2) is 4.99. The number of likely N-dealkylation sites (tertiary alicyclic amines) is 1. The highest BCUT2D eigenvalue weighted by molar-refractivity contribution is 4.85. The van der Waals surface area contributed by atoms with Crippen molar-refractivity contribution in [3.05, 3.63) is 0 Å². The van der Waals surface area contributed by atoms with Gasteiger partial charge in [0.1, 0.15) is 0 Å². The van der Waals surface area contributed by atoms with E-state index in [0.29, 0.717) is 0 Å². The molecule has 1 saturated heterocycles. The molecule has 0 unspecified atom stereocenters. The van der Waals surface area contributed by atoms with Gasteiger partial charge in [0.25, 0.3) is 0 Å². The second-order valence-corrected chi connectivity index (χ2v) is 4.62. The molecule has 0 aromatic rings. The summed E-state index contributed by atoms with van der Waals surface area (Å²) in [6.07, 6.45) is 5.55. The van der Waals surface area contributed by atoms with E-state index in [1.54, 1.807) is 0 Å². The molecule has 1 rings (SSSR count). The van der Waals surface area contributed by atoms with Crippen LogP contribution in [0.5, 0.6) is 0 Å². The van der Waals surface area contributed by atoms with Crippen LogP contribution in [0.4, 0.5) is 0 Å². The molecular weight excluding hydrogens is 158 g/mol. The molecule has 1 atom stereocenters. The van der Waals surface area contributed by atoms with Crippen molar-refractivity contribution in [3.8, 4) is 0 Å². The highest BCUT2D eigenvalue weighted by atomic mass is 15.2. The predicted molar refractivity (Wildman–Crippen MR) is 58.9 cm³/mol. The van der Waals surface area contributed by atoms with Crippen LogP contribution in [0.1, 0.15) is 53.4 Å². The highest BCUT2D eigenvalue weighted by Crippen LogP contribution is 2.29. The summed E-state index contributed by atoms with van der Waals surface area (Å²) < 4.78 is 0. The van der Waals surface area contributed by atoms with Gasteiger partial charge in [0.15, 0.2) is 0 Å². The highest BCUT2D eigenvalue weighted by Gasteiger charge is 2.30. The minimum absolute atomic E-state index is 0.744. The first-order chi connectivity index (χ1) is 6.20. The Kier molecular flexibility index (Phi) is 4.24. The lowest BCUT2D eigenvalue weighted by Gasteiger charge is -2.33. The van der Waals surface area contributed by atoms with Crippen molar-refractivity contribution in [2.75, 3.05) is 6.54 Å². The van der Waals surface area contributed by atoms with E-state index in [1.165, 1.54) is 32.2 Å². The molecule has 1 fully saturated rings. The van der Waals surface area contributed by atoms with E-state index in [2.05, 4.69) is 32.6 Å². The monoisotopic (exact) mass is 183 g/mol. The van der Waals surface area contributed by atoms with E-state index in [4.69, 9.17) is 0 Å². The maximum Gasteiger partial charge on any atom is 0.0126 e. The lowest BCUT2D eigenvalue weighted by molar-refractivity contribution is 0.146. The average Bonchev–Trinajstić information content (AvgIpc) is 2.55. The van der Waals surface area contributed by atoms with E-state index < -0.39 is 0 Å². The quantitative estimate of drug-likeness (QED) is 0.646. The number of hydrogen-bond donors (Lipinski definition) is 0. The SMILES string of the molecule is CCC(CC)[C@H]1CCCN1C(C)C. The summed E-state index contributed by atoms with van der Waals surface area (Å²) in [4.78, 5) is 2.71. The normalized spacial score (nSPS) is 24.9. The Bertz CT molecular complexity index is 138. The maximum absolute atomic E-state index is 2.71. The molecule has 0 saturated carbocycles. The Hall–Kier alpha value is -0.0400. The zero-order valence-electron chi connectivity index (χ0n) is 9.71. The molecule has 1 aliphatic rings. The van der Waals surface area contributed by atoms with E-state index in [0.717, 1.165) is 18.0 Å². The molecule has 13 heavy (non-hydrogen) atoms. The molecule has 0 N–H and O–H groups in total. The third-order valence-electron chi connectivity index (χ3n) is 3.60. The number of hydrogen-bond acceptors (Lipinski definition) is 1. The fourth-order valence-electron chi connectivity index (χ4n) is 2.80. The molecular formula is C12H25N. The first-order valence-corrected chi connectivity index (χ1v) is 5.96. The fraction of sp³-hybridized carbons (Fsp3) is 1.00. The lowest BCUT2D eigenvalue weighted by atomic mass is 9.92. The minimum atomic E-state index is 0.744. The third-order valence-corrected chi connectivity index (χ3v) is 3.60. The Labute approximate surface area is 83.5 Å². The maximum atomic E-state index is 2.71. The van der Waals surface area contributed by atoms with Crippen molar-refractivity contribution in [3.63, 3.8) is 0 Å². The molecule has 1 nitrogen and oxygen atoms in total. The van der Waals surface area contributed by atoms with Crippen LogP contribution in [-0.4, -0.2) is 23.5 Å². The predicted octanol–water partition coefficient (Wildman–Crippen LogP) is 3.30.